The third-order valence-electron chi connectivity index (χ3n) is 1.80. The van der Waals surface area contributed by atoms with Gasteiger partial charge in [-0.2, -0.15) is 0 Å². The lowest BCUT2D eigenvalue weighted by molar-refractivity contribution is 0.472. The first-order valence-electron chi connectivity index (χ1n) is 3.86. The van der Waals surface area contributed by atoms with Crippen LogP contribution in [0.2, 0.25) is 0 Å². The Morgan fingerprint density at radius 3 is 3.00 bits per heavy atom. The van der Waals surface area contributed by atoms with Gasteiger partial charge in [-0.25, -0.2) is 0 Å². The van der Waals surface area contributed by atoms with Crippen molar-refractivity contribution in [2.75, 3.05) is 0 Å². The summed E-state index contributed by atoms with van der Waals surface area (Å²) in [6, 6.07) is 1.16. The largest absolute Gasteiger partial charge is 0.307 e. The fraction of sp³-hybridized carbons (Fsp3) is 0.556. The van der Waals surface area contributed by atoms with E-state index >= 15 is 0 Å². The van der Waals surface area contributed by atoms with Crippen LogP contribution in [0.1, 0.15) is 19.8 Å². The average molecular weight is 174 g/mol. The zero-order chi connectivity index (χ0) is 7.40. The van der Waals surface area contributed by atoms with Gasteiger partial charge in [0.1, 0.15) is 0 Å². The summed E-state index contributed by atoms with van der Waals surface area (Å²) < 4.78 is 0. The molecule has 0 aliphatic carbocycles. The van der Waals surface area contributed by atoms with Crippen molar-refractivity contribution >= 4 is 12.4 Å². The van der Waals surface area contributed by atoms with Crippen LogP contribution in [-0.4, -0.2) is 12.1 Å². The van der Waals surface area contributed by atoms with Crippen molar-refractivity contribution in [1.29, 1.82) is 0 Å². The SMILES string of the molecule is C=CCC1CC=CC(C)N1.Cl. The van der Waals surface area contributed by atoms with Gasteiger partial charge in [-0.15, -0.1) is 19.0 Å². The molecule has 1 nitrogen and oxygen atoms in total. The van der Waals surface area contributed by atoms with Crippen LogP contribution >= 0.6 is 12.4 Å². The molecule has 1 N–H and O–H groups in total. The molecular weight excluding hydrogens is 158 g/mol. The molecule has 0 aromatic rings. The molecule has 0 aromatic carbocycles. The minimum absolute atomic E-state index is 0. The second-order valence-corrected chi connectivity index (χ2v) is 2.84. The third kappa shape index (κ3) is 3.59. The van der Waals surface area contributed by atoms with Crippen molar-refractivity contribution in [3.8, 4) is 0 Å². The van der Waals surface area contributed by atoms with E-state index < -0.39 is 0 Å². The Labute approximate surface area is 75.0 Å². The molecule has 11 heavy (non-hydrogen) atoms. The Kier molecular flexibility index (Phi) is 5.26. The highest BCUT2D eigenvalue weighted by Crippen LogP contribution is 2.07. The van der Waals surface area contributed by atoms with Gasteiger partial charge in [0.25, 0.3) is 0 Å². The van der Waals surface area contributed by atoms with Crippen LogP contribution in [-0.2, 0) is 0 Å². The molecule has 1 rings (SSSR count). The van der Waals surface area contributed by atoms with Crippen LogP contribution in [0.4, 0.5) is 0 Å². The van der Waals surface area contributed by atoms with Gasteiger partial charge in [0.2, 0.25) is 0 Å². The maximum Gasteiger partial charge on any atom is 0.0224 e. The van der Waals surface area contributed by atoms with Gasteiger partial charge in [0, 0.05) is 12.1 Å². The Morgan fingerprint density at radius 1 is 1.73 bits per heavy atom. The third-order valence-corrected chi connectivity index (χ3v) is 1.80. The molecule has 1 heterocycles. The molecule has 0 amide bonds. The van der Waals surface area contributed by atoms with Crippen LogP contribution in [0.15, 0.2) is 24.8 Å². The lowest BCUT2D eigenvalue weighted by Crippen LogP contribution is -2.37. The van der Waals surface area contributed by atoms with Gasteiger partial charge in [0.05, 0.1) is 0 Å². The van der Waals surface area contributed by atoms with E-state index in [1.54, 1.807) is 0 Å². The van der Waals surface area contributed by atoms with E-state index in [1.807, 2.05) is 6.08 Å². The number of halogens is 1. The van der Waals surface area contributed by atoms with E-state index in [0.717, 1.165) is 12.8 Å². The van der Waals surface area contributed by atoms with E-state index in [0.29, 0.717) is 12.1 Å². The maximum absolute atomic E-state index is 3.72. The average Bonchev–Trinajstić information content (AvgIpc) is 1.88. The van der Waals surface area contributed by atoms with Crippen LogP contribution < -0.4 is 5.32 Å². The topological polar surface area (TPSA) is 12.0 Å². The molecule has 0 fully saturated rings. The summed E-state index contributed by atoms with van der Waals surface area (Å²) in [7, 11) is 0. The molecule has 0 saturated heterocycles. The normalized spacial score (nSPS) is 29.2. The van der Waals surface area contributed by atoms with Crippen LogP contribution in [0.25, 0.3) is 0 Å². The highest BCUT2D eigenvalue weighted by atomic mass is 35.5. The van der Waals surface area contributed by atoms with Crippen molar-refractivity contribution in [2.45, 2.75) is 31.8 Å². The van der Waals surface area contributed by atoms with Crippen LogP contribution in [0.3, 0.4) is 0 Å². The van der Waals surface area contributed by atoms with E-state index in [4.69, 9.17) is 0 Å². The molecule has 0 radical (unpaired) electrons. The lowest BCUT2D eigenvalue weighted by Gasteiger charge is -2.23. The van der Waals surface area contributed by atoms with Gasteiger partial charge >= 0.3 is 0 Å². The van der Waals surface area contributed by atoms with Gasteiger partial charge in [-0.3, -0.25) is 0 Å². The number of nitrogens with one attached hydrogen (secondary N) is 1. The van der Waals surface area contributed by atoms with Crippen LogP contribution in [0.5, 0.6) is 0 Å². The highest BCUT2D eigenvalue weighted by molar-refractivity contribution is 5.85. The lowest BCUT2D eigenvalue weighted by atomic mass is 10.0. The molecule has 1 aliphatic rings. The quantitative estimate of drug-likeness (QED) is 0.632. The smallest absolute Gasteiger partial charge is 0.0224 e. The molecule has 2 atom stereocenters. The molecule has 1 aliphatic heterocycles. The van der Waals surface area contributed by atoms with Crippen molar-refractivity contribution in [2.24, 2.45) is 0 Å². The second-order valence-electron chi connectivity index (χ2n) is 2.84. The zero-order valence-electron chi connectivity index (χ0n) is 6.92. The standard InChI is InChI=1S/C9H15N.ClH/c1-3-5-9-7-4-6-8(2)10-9;/h3-4,6,8-10H,1,5,7H2,2H3;1H. The highest BCUT2D eigenvalue weighted by Gasteiger charge is 2.10. The van der Waals surface area contributed by atoms with Crippen LogP contribution in [0, 0.1) is 0 Å². The van der Waals surface area contributed by atoms with Crippen molar-refractivity contribution < 1.29 is 0 Å². The van der Waals surface area contributed by atoms with Crippen molar-refractivity contribution in [1.82, 2.24) is 5.32 Å². The summed E-state index contributed by atoms with van der Waals surface area (Å²) in [4.78, 5) is 0. The molecule has 0 spiro atoms. The minimum Gasteiger partial charge on any atom is -0.307 e. The summed E-state index contributed by atoms with van der Waals surface area (Å²) in [6.07, 6.45) is 8.66. The summed E-state index contributed by atoms with van der Waals surface area (Å²) >= 11 is 0. The van der Waals surface area contributed by atoms with Gasteiger partial charge in [-0.1, -0.05) is 18.2 Å². The molecule has 2 unspecified atom stereocenters. The fourth-order valence-electron chi connectivity index (χ4n) is 1.31. The summed E-state index contributed by atoms with van der Waals surface area (Å²) in [6.45, 7) is 5.89. The summed E-state index contributed by atoms with van der Waals surface area (Å²) in [5.74, 6) is 0. The van der Waals surface area contributed by atoms with Gasteiger partial charge in [-0.05, 0) is 19.8 Å². The molecule has 0 saturated carbocycles. The fourth-order valence-corrected chi connectivity index (χ4v) is 1.31. The molecule has 64 valence electrons. The Balaban J connectivity index is 0.000001000. The van der Waals surface area contributed by atoms with E-state index in [-0.39, 0.29) is 12.4 Å². The molecule has 0 bridgehead atoms. The Bertz CT molecular complexity index is 142. The molecular formula is C9H16ClN. The first-order chi connectivity index (χ1) is 4.83. The van der Waals surface area contributed by atoms with E-state index in [9.17, 15) is 0 Å². The van der Waals surface area contributed by atoms with E-state index in [2.05, 4.69) is 31.0 Å². The van der Waals surface area contributed by atoms with Crippen molar-refractivity contribution in [3.05, 3.63) is 24.8 Å². The summed E-state index contributed by atoms with van der Waals surface area (Å²) in [5.41, 5.74) is 0. The monoisotopic (exact) mass is 173 g/mol. The first kappa shape index (κ1) is 10.7. The Morgan fingerprint density at radius 2 is 2.45 bits per heavy atom. The minimum atomic E-state index is 0. The van der Waals surface area contributed by atoms with Gasteiger partial charge in [0.15, 0.2) is 0 Å². The maximum atomic E-state index is 3.72. The second kappa shape index (κ2) is 5.39. The predicted octanol–water partition coefficient (Wildman–Crippen LogP) is 2.29. The first-order valence-corrected chi connectivity index (χ1v) is 3.86. The summed E-state index contributed by atoms with van der Waals surface area (Å²) in [5, 5.41) is 3.46. The molecule has 2 heteroatoms. The van der Waals surface area contributed by atoms with Crippen molar-refractivity contribution in [3.63, 3.8) is 0 Å². The zero-order valence-corrected chi connectivity index (χ0v) is 7.73. The number of rotatable bonds is 2. The number of hydrogen-bond acceptors (Lipinski definition) is 1. The van der Waals surface area contributed by atoms with E-state index in [1.165, 1.54) is 0 Å². The molecule has 0 aromatic heterocycles. The Hall–Kier alpha value is -0.270. The van der Waals surface area contributed by atoms with Gasteiger partial charge < -0.3 is 5.32 Å². The number of hydrogen-bond donors (Lipinski definition) is 1. The predicted molar refractivity (Wildman–Crippen MR) is 52.2 cm³/mol.